The number of hydrogen-bond donors (Lipinski definition) is 0. The molecular weight excluding hydrogens is 286 g/mol. The van der Waals surface area contributed by atoms with E-state index >= 15 is 0 Å². The maximum absolute atomic E-state index is 12.3. The minimum absolute atomic E-state index is 0.336. The van der Waals surface area contributed by atoms with E-state index in [9.17, 15) is 4.79 Å². The van der Waals surface area contributed by atoms with Crippen molar-refractivity contribution in [2.45, 2.75) is 25.7 Å². The van der Waals surface area contributed by atoms with Crippen LogP contribution < -0.4 is 0 Å². The summed E-state index contributed by atoms with van der Waals surface area (Å²) in [7, 11) is 0. The van der Waals surface area contributed by atoms with E-state index in [0.717, 1.165) is 52.2 Å². The maximum atomic E-state index is 12.3. The smallest absolute Gasteiger partial charge is 0.236 e. The lowest BCUT2D eigenvalue weighted by Crippen LogP contribution is -2.50. The molecule has 1 amide bonds. The highest BCUT2D eigenvalue weighted by atomic mass is 16.2. The van der Waals surface area contributed by atoms with E-state index in [1.165, 1.54) is 24.8 Å². The van der Waals surface area contributed by atoms with Gasteiger partial charge in [0.1, 0.15) is 0 Å². The van der Waals surface area contributed by atoms with Gasteiger partial charge >= 0.3 is 0 Å². The first-order valence-corrected chi connectivity index (χ1v) is 9.08. The van der Waals surface area contributed by atoms with E-state index in [-0.39, 0.29) is 0 Å². The average Bonchev–Trinajstić information content (AvgIpc) is 2.63. The lowest BCUT2D eigenvalue weighted by Gasteiger charge is -2.36. The Morgan fingerprint density at radius 3 is 2.17 bits per heavy atom. The first-order valence-electron chi connectivity index (χ1n) is 9.08. The standard InChI is InChI=1S/C19H29N3O/c23-19(22-10-5-2-6-11-22)17-21-15-13-20(14-16-21)12-9-18-7-3-1-4-8-18/h1,3-4,7-8H,2,5-6,9-17H2. The van der Waals surface area contributed by atoms with Crippen molar-refractivity contribution in [3.63, 3.8) is 0 Å². The first kappa shape index (κ1) is 16.5. The molecule has 2 saturated heterocycles. The lowest BCUT2D eigenvalue weighted by atomic mass is 10.1. The summed E-state index contributed by atoms with van der Waals surface area (Å²) < 4.78 is 0. The van der Waals surface area contributed by atoms with Crippen LogP contribution in [0.2, 0.25) is 0 Å². The monoisotopic (exact) mass is 315 g/mol. The van der Waals surface area contributed by atoms with Crippen molar-refractivity contribution < 1.29 is 4.79 Å². The van der Waals surface area contributed by atoms with Crippen LogP contribution in [0.5, 0.6) is 0 Å². The van der Waals surface area contributed by atoms with Crippen LogP contribution in [0.15, 0.2) is 30.3 Å². The largest absolute Gasteiger partial charge is 0.342 e. The van der Waals surface area contributed by atoms with Gasteiger partial charge in [-0.3, -0.25) is 9.69 Å². The number of carbonyl (C=O) groups excluding carboxylic acids is 1. The van der Waals surface area contributed by atoms with Crippen LogP contribution in [0.4, 0.5) is 0 Å². The molecule has 0 bridgehead atoms. The van der Waals surface area contributed by atoms with Gasteiger partial charge in [-0.25, -0.2) is 0 Å². The predicted octanol–water partition coefficient (Wildman–Crippen LogP) is 1.86. The van der Waals surface area contributed by atoms with E-state index in [0.29, 0.717) is 12.5 Å². The quantitative estimate of drug-likeness (QED) is 0.830. The number of nitrogens with zero attached hydrogens (tertiary/aromatic N) is 3. The molecule has 0 saturated carbocycles. The van der Waals surface area contributed by atoms with Gasteiger partial charge in [0.15, 0.2) is 0 Å². The van der Waals surface area contributed by atoms with Gasteiger partial charge in [0, 0.05) is 45.8 Å². The Morgan fingerprint density at radius 1 is 0.826 bits per heavy atom. The fraction of sp³-hybridized carbons (Fsp3) is 0.632. The second-order valence-electron chi connectivity index (χ2n) is 6.79. The van der Waals surface area contributed by atoms with Gasteiger partial charge in [-0.2, -0.15) is 0 Å². The van der Waals surface area contributed by atoms with Crippen molar-refractivity contribution in [1.82, 2.24) is 14.7 Å². The lowest BCUT2D eigenvalue weighted by molar-refractivity contribution is -0.133. The Morgan fingerprint density at radius 2 is 1.48 bits per heavy atom. The second kappa shape index (κ2) is 8.46. The molecular formula is C19H29N3O. The van der Waals surface area contributed by atoms with Crippen LogP contribution >= 0.6 is 0 Å². The molecule has 3 rings (SSSR count). The van der Waals surface area contributed by atoms with Gasteiger partial charge in [0.2, 0.25) is 5.91 Å². The van der Waals surface area contributed by atoms with Crippen molar-refractivity contribution >= 4 is 5.91 Å². The molecule has 4 heteroatoms. The van der Waals surface area contributed by atoms with Gasteiger partial charge in [-0.1, -0.05) is 30.3 Å². The number of piperidine rings is 1. The van der Waals surface area contributed by atoms with E-state index in [1.54, 1.807) is 0 Å². The fourth-order valence-corrected chi connectivity index (χ4v) is 3.54. The molecule has 0 spiro atoms. The number of likely N-dealkylation sites (tertiary alicyclic amines) is 1. The predicted molar refractivity (Wildman–Crippen MR) is 93.5 cm³/mol. The summed E-state index contributed by atoms with van der Waals surface area (Å²) in [4.78, 5) is 19.2. The number of hydrogen-bond acceptors (Lipinski definition) is 3. The average molecular weight is 315 g/mol. The summed E-state index contributed by atoms with van der Waals surface area (Å²) in [6, 6.07) is 10.7. The van der Waals surface area contributed by atoms with Gasteiger partial charge in [0.05, 0.1) is 6.54 Å². The van der Waals surface area contributed by atoms with E-state index in [4.69, 9.17) is 0 Å². The fourth-order valence-electron chi connectivity index (χ4n) is 3.54. The number of piperazine rings is 1. The molecule has 0 aliphatic carbocycles. The van der Waals surface area contributed by atoms with E-state index < -0.39 is 0 Å². The number of amides is 1. The molecule has 2 heterocycles. The van der Waals surface area contributed by atoms with E-state index in [1.807, 2.05) is 0 Å². The van der Waals surface area contributed by atoms with Gasteiger partial charge in [0.25, 0.3) is 0 Å². The maximum Gasteiger partial charge on any atom is 0.236 e. The Balaban J connectivity index is 1.36. The molecule has 0 atom stereocenters. The van der Waals surface area contributed by atoms with Crippen molar-refractivity contribution in [2.75, 3.05) is 52.4 Å². The van der Waals surface area contributed by atoms with Crippen LogP contribution in [-0.4, -0.2) is 73.0 Å². The highest BCUT2D eigenvalue weighted by molar-refractivity contribution is 5.78. The molecule has 0 aromatic heterocycles. The Kier molecular flexibility index (Phi) is 6.06. The third kappa shape index (κ3) is 5.05. The van der Waals surface area contributed by atoms with Crippen LogP contribution in [0, 0.1) is 0 Å². The van der Waals surface area contributed by atoms with Crippen molar-refractivity contribution in [3.05, 3.63) is 35.9 Å². The summed E-state index contributed by atoms with van der Waals surface area (Å²) in [6.45, 7) is 7.89. The third-order valence-electron chi connectivity index (χ3n) is 5.09. The first-order chi connectivity index (χ1) is 11.3. The van der Waals surface area contributed by atoms with Crippen LogP contribution in [-0.2, 0) is 11.2 Å². The molecule has 1 aromatic rings. The SMILES string of the molecule is O=C(CN1CCN(CCc2ccccc2)CC1)N1CCCCC1. The van der Waals surface area contributed by atoms with Crippen molar-refractivity contribution in [2.24, 2.45) is 0 Å². The molecule has 2 aliphatic rings. The molecule has 23 heavy (non-hydrogen) atoms. The van der Waals surface area contributed by atoms with Gasteiger partial charge in [-0.05, 0) is 31.2 Å². The van der Waals surface area contributed by atoms with E-state index in [2.05, 4.69) is 45.0 Å². The van der Waals surface area contributed by atoms with Gasteiger partial charge < -0.3 is 9.80 Å². The van der Waals surface area contributed by atoms with Crippen LogP contribution in [0.1, 0.15) is 24.8 Å². The second-order valence-corrected chi connectivity index (χ2v) is 6.79. The zero-order valence-corrected chi connectivity index (χ0v) is 14.1. The molecule has 1 aromatic carbocycles. The summed E-state index contributed by atoms with van der Waals surface area (Å²) in [5.41, 5.74) is 1.41. The summed E-state index contributed by atoms with van der Waals surface area (Å²) in [6.07, 6.45) is 4.76. The van der Waals surface area contributed by atoms with Crippen LogP contribution in [0.25, 0.3) is 0 Å². The van der Waals surface area contributed by atoms with Gasteiger partial charge in [-0.15, -0.1) is 0 Å². The number of carbonyl (C=O) groups is 1. The zero-order chi connectivity index (χ0) is 15.9. The number of benzene rings is 1. The summed E-state index contributed by atoms with van der Waals surface area (Å²) in [5, 5.41) is 0. The highest BCUT2D eigenvalue weighted by Crippen LogP contribution is 2.10. The minimum Gasteiger partial charge on any atom is -0.342 e. The van der Waals surface area contributed by atoms with Crippen LogP contribution in [0.3, 0.4) is 0 Å². The Labute approximate surface area is 140 Å². The molecule has 0 unspecified atom stereocenters. The summed E-state index contributed by atoms with van der Waals surface area (Å²) >= 11 is 0. The molecule has 126 valence electrons. The molecule has 2 aliphatic heterocycles. The highest BCUT2D eigenvalue weighted by Gasteiger charge is 2.22. The Bertz CT molecular complexity index is 477. The molecule has 2 fully saturated rings. The van der Waals surface area contributed by atoms with Crippen molar-refractivity contribution in [1.29, 1.82) is 0 Å². The zero-order valence-electron chi connectivity index (χ0n) is 14.1. The molecule has 4 nitrogen and oxygen atoms in total. The normalized spacial score (nSPS) is 20.6. The topological polar surface area (TPSA) is 26.8 Å². The molecule has 0 N–H and O–H groups in total. The summed E-state index contributed by atoms with van der Waals surface area (Å²) in [5.74, 6) is 0.336. The molecule has 0 radical (unpaired) electrons. The number of rotatable bonds is 5. The Hall–Kier alpha value is -1.39. The third-order valence-corrected chi connectivity index (χ3v) is 5.09. The minimum atomic E-state index is 0.336. The van der Waals surface area contributed by atoms with Crippen molar-refractivity contribution in [3.8, 4) is 0 Å².